The average molecular weight is 448 g/mol. The minimum atomic E-state index is -4.50. The van der Waals surface area contributed by atoms with Crippen LogP contribution >= 0.6 is 0 Å². The van der Waals surface area contributed by atoms with E-state index in [2.05, 4.69) is 4.98 Å². The highest BCUT2D eigenvalue weighted by Gasteiger charge is 2.44. The summed E-state index contributed by atoms with van der Waals surface area (Å²) < 4.78 is 49.6. The van der Waals surface area contributed by atoms with E-state index in [4.69, 9.17) is 9.47 Å². The van der Waals surface area contributed by atoms with E-state index in [-0.39, 0.29) is 24.3 Å². The van der Waals surface area contributed by atoms with Gasteiger partial charge in [-0.1, -0.05) is 36.4 Å². The van der Waals surface area contributed by atoms with E-state index in [1.54, 1.807) is 0 Å². The smallest absolute Gasteiger partial charge is 0.433 e. The lowest BCUT2D eigenvalue weighted by Gasteiger charge is -2.42. The summed E-state index contributed by atoms with van der Waals surface area (Å²) in [7, 11) is 0. The fourth-order valence-electron chi connectivity index (χ4n) is 4.56. The van der Waals surface area contributed by atoms with Crippen LogP contribution in [-0.4, -0.2) is 48.7 Å². The van der Waals surface area contributed by atoms with Crippen LogP contribution in [0.3, 0.4) is 0 Å². The number of ether oxygens (including phenoxy) is 2. The Morgan fingerprint density at radius 1 is 1.06 bits per heavy atom. The first-order chi connectivity index (χ1) is 15.4. The molecule has 172 valence electrons. The van der Waals surface area contributed by atoms with E-state index < -0.39 is 17.3 Å². The lowest BCUT2D eigenvalue weighted by molar-refractivity contribution is -0.143. The normalized spacial score (nSPS) is 19.5. The Kier molecular flexibility index (Phi) is 6.69. The molecular weight excluding hydrogens is 421 g/mol. The van der Waals surface area contributed by atoms with E-state index in [9.17, 15) is 18.0 Å². The highest BCUT2D eigenvalue weighted by Crippen LogP contribution is 2.38. The van der Waals surface area contributed by atoms with Gasteiger partial charge in [0.2, 0.25) is 11.8 Å². The molecule has 2 aromatic rings. The van der Waals surface area contributed by atoms with Crippen LogP contribution in [0.25, 0.3) is 0 Å². The summed E-state index contributed by atoms with van der Waals surface area (Å²) in [6.07, 6.45) is -1.68. The van der Waals surface area contributed by atoms with Gasteiger partial charge in [-0.2, -0.15) is 13.2 Å². The molecule has 0 spiro atoms. The Labute approximate surface area is 185 Å². The number of halogens is 3. The molecule has 0 radical (unpaired) electrons. The van der Waals surface area contributed by atoms with Gasteiger partial charge in [-0.25, -0.2) is 4.98 Å². The summed E-state index contributed by atoms with van der Waals surface area (Å²) in [6, 6.07) is 13.6. The van der Waals surface area contributed by atoms with Crippen molar-refractivity contribution in [1.29, 1.82) is 0 Å². The number of carbonyl (C=O) groups excluding carboxylic acids is 1. The third kappa shape index (κ3) is 4.90. The van der Waals surface area contributed by atoms with Crippen LogP contribution < -0.4 is 4.74 Å². The van der Waals surface area contributed by atoms with Crippen LogP contribution in [0.4, 0.5) is 13.2 Å². The molecule has 1 aromatic carbocycles. The van der Waals surface area contributed by atoms with Gasteiger partial charge >= 0.3 is 6.18 Å². The largest absolute Gasteiger partial charge is 0.477 e. The highest BCUT2D eigenvalue weighted by molar-refractivity contribution is 5.88. The summed E-state index contributed by atoms with van der Waals surface area (Å²) >= 11 is 0. The second kappa shape index (κ2) is 9.48. The van der Waals surface area contributed by atoms with Crippen molar-refractivity contribution in [2.45, 2.75) is 37.3 Å². The summed E-state index contributed by atoms with van der Waals surface area (Å²) in [5.74, 6) is 0.284. The van der Waals surface area contributed by atoms with E-state index >= 15 is 0 Å². The van der Waals surface area contributed by atoms with Gasteiger partial charge in [0.05, 0.1) is 12.0 Å². The second-order valence-corrected chi connectivity index (χ2v) is 8.47. The molecule has 2 fully saturated rings. The van der Waals surface area contributed by atoms with Crippen LogP contribution in [0.15, 0.2) is 48.5 Å². The first-order valence-electron chi connectivity index (χ1n) is 11.0. The molecule has 0 N–H and O–H groups in total. The maximum Gasteiger partial charge on any atom is 0.433 e. The van der Waals surface area contributed by atoms with Gasteiger partial charge < -0.3 is 14.4 Å². The molecule has 0 aliphatic carbocycles. The molecule has 2 saturated heterocycles. The lowest BCUT2D eigenvalue weighted by Crippen LogP contribution is -2.52. The minimum Gasteiger partial charge on any atom is -0.477 e. The van der Waals surface area contributed by atoms with Crippen LogP contribution in [0, 0.1) is 5.92 Å². The predicted octanol–water partition coefficient (Wildman–Crippen LogP) is 4.47. The van der Waals surface area contributed by atoms with Crippen LogP contribution in [0.2, 0.25) is 0 Å². The Balaban J connectivity index is 1.35. The molecule has 8 heteroatoms. The number of pyridine rings is 1. The van der Waals surface area contributed by atoms with Gasteiger partial charge in [-0.3, -0.25) is 4.79 Å². The molecule has 5 nitrogen and oxygen atoms in total. The van der Waals surface area contributed by atoms with Crippen molar-refractivity contribution in [2.24, 2.45) is 5.92 Å². The monoisotopic (exact) mass is 448 g/mol. The SMILES string of the molecule is O=C(N1CCC(COc2cccc(C(F)(F)F)n2)CC1)C1(c2ccccc2)CCOCC1. The van der Waals surface area contributed by atoms with Crippen molar-refractivity contribution in [2.75, 3.05) is 32.9 Å². The fourth-order valence-corrected chi connectivity index (χ4v) is 4.56. The van der Waals surface area contributed by atoms with Crippen LogP contribution in [0.5, 0.6) is 5.88 Å². The van der Waals surface area contributed by atoms with E-state index in [1.807, 2.05) is 35.2 Å². The number of likely N-dealkylation sites (tertiary alicyclic amines) is 1. The van der Waals surface area contributed by atoms with Crippen molar-refractivity contribution in [3.63, 3.8) is 0 Å². The molecule has 2 aliphatic rings. The minimum absolute atomic E-state index is 0.0245. The first-order valence-corrected chi connectivity index (χ1v) is 11.0. The number of piperidine rings is 1. The molecule has 1 aromatic heterocycles. The van der Waals surface area contributed by atoms with E-state index in [1.165, 1.54) is 12.1 Å². The molecule has 32 heavy (non-hydrogen) atoms. The fraction of sp³-hybridized carbons (Fsp3) is 0.500. The molecule has 1 amide bonds. The van der Waals surface area contributed by atoms with Gasteiger partial charge in [0, 0.05) is 32.4 Å². The predicted molar refractivity (Wildman–Crippen MR) is 112 cm³/mol. The van der Waals surface area contributed by atoms with Gasteiger partial charge in [0.15, 0.2) is 0 Å². The zero-order valence-corrected chi connectivity index (χ0v) is 17.8. The first kappa shape index (κ1) is 22.6. The Morgan fingerprint density at radius 2 is 1.75 bits per heavy atom. The molecule has 4 rings (SSSR count). The van der Waals surface area contributed by atoms with Gasteiger partial charge in [-0.05, 0) is 43.2 Å². The average Bonchev–Trinajstić information content (AvgIpc) is 2.83. The number of benzene rings is 1. The van der Waals surface area contributed by atoms with Crippen LogP contribution in [0.1, 0.15) is 36.9 Å². The van der Waals surface area contributed by atoms with Crippen molar-refractivity contribution in [3.8, 4) is 5.88 Å². The number of aromatic nitrogens is 1. The van der Waals surface area contributed by atoms with Gasteiger partial charge in [0.1, 0.15) is 5.69 Å². The zero-order valence-electron chi connectivity index (χ0n) is 17.8. The number of carbonyl (C=O) groups is 1. The standard InChI is InChI=1S/C24H27F3N2O3/c25-24(26,27)20-7-4-8-21(28-20)32-17-18-9-13-29(14-10-18)22(30)23(11-15-31-16-12-23)19-5-2-1-3-6-19/h1-8,18H,9-17H2. The second-order valence-electron chi connectivity index (χ2n) is 8.47. The Hall–Kier alpha value is -2.61. The summed E-state index contributed by atoms with van der Waals surface area (Å²) in [5, 5.41) is 0. The topological polar surface area (TPSA) is 51.7 Å². The molecule has 2 aliphatic heterocycles. The number of hydrogen-bond acceptors (Lipinski definition) is 4. The van der Waals surface area contributed by atoms with E-state index in [0.717, 1.165) is 24.5 Å². The molecule has 0 saturated carbocycles. The summed E-state index contributed by atoms with van der Waals surface area (Å²) in [6.45, 7) is 2.63. The maximum absolute atomic E-state index is 13.6. The van der Waals surface area contributed by atoms with E-state index in [0.29, 0.717) is 39.1 Å². The van der Waals surface area contributed by atoms with Gasteiger partial charge in [0.25, 0.3) is 0 Å². The number of nitrogens with zero attached hydrogens (tertiary/aromatic N) is 2. The van der Waals surface area contributed by atoms with Crippen LogP contribution in [-0.2, 0) is 21.1 Å². The third-order valence-corrected chi connectivity index (χ3v) is 6.46. The molecule has 3 heterocycles. The zero-order chi connectivity index (χ0) is 22.6. The quantitative estimate of drug-likeness (QED) is 0.678. The number of hydrogen-bond donors (Lipinski definition) is 0. The molecule has 0 atom stereocenters. The molecule has 0 bridgehead atoms. The molecular formula is C24H27F3N2O3. The maximum atomic E-state index is 13.6. The van der Waals surface area contributed by atoms with Gasteiger partial charge in [-0.15, -0.1) is 0 Å². The van der Waals surface area contributed by atoms with Crippen molar-refractivity contribution >= 4 is 5.91 Å². The number of amides is 1. The van der Waals surface area contributed by atoms with Crippen molar-refractivity contribution in [1.82, 2.24) is 9.88 Å². The van der Waals surface area contributed by atoms with Crippen molar-refractivity contribution in [3.05, 3.63) is 59.8 Å². The highest BCUT2D eigenvalue weighted by atomic mass is 19.4. The lowest BCUT2D eigenvalue weighted by atomic mass is 9.72. The number of alkyl halides is 3. The third-order valence-electron chi connectivity index (χ3n) is 6.46. The summed E-state index contributed by atoms with van der Waals surface area (Å²) in [5.41, 5.74) is -0.474. The Morgan fingerprint density at radius 3 is 2.41 bits per heavy atom. The summed E-state index contributed by atoms with van der Waals surface area (Å²) in [4.78, 5) is 19.1. The Bertz CT molecular complexity index is 906. The molecule has 0 unspecified atom stereocenters. The van der Waals surface area contributed by atoms with Crippen molar-refractivity contribution < 1.29 is 27.4 Å². The number of rotatable bonds is 5.